The largest absolute Gasteiger partial charge is 0.507 e. The van der Waals surface area contributed by atoms with Gasteiger partial charge in [0.15, 0.2) is 5.13 Å². The summed E-state index contributed by atoms with van der Waals surface area (Å²) in [7, 11) is 0. The number of benzene rings is 3. The lowest BCUT2D eigenvalue weighted by atomic mass is 9.95. The van der Waals surface area contributed by atoms with E-state index in [2.05, 4.69) is 4.98 Å². The summed E-state index contributed by atoms with van der Waals surface area (Å²) in [5, 5.41) is 11.2. The second-order valence-electron chi connectivity index (χ2n) is 7.20. The van der Waals surface area contributed by atoms with Crippen molar-refractivity contribution in [3.05, 3.63) is 101 Å². The van der Waals surface area contributed by atoms with Crippen LogP contribution in [0.3, 0.4) is 0 Å². The molecule has 158 valence electrons. The van der Waals surface area contributed by atoms with Crippen molar-refractivity contribution < 1.29 is 23.5 Å². The van der Waals surface area contributed by atoms with Crippen molar-refractivity contribution in [2.24, 2.45) is 0 Å². The minimum Gasteiger partial charge on any atom is -0.507 e. The van der Waals surface area contributed by atoms with E-state index in [1.54, 1.807) is 30.3 Å². The van der Waals surface area contributed by atoms with E-state index >= 15 is 0 Å². The summed E-state index contributed by atoms with van der Waals surface area (Å²) in [6.07, 6.45) is 0. The van der Waals surface area contributed by atoms with Gasteiger partial charge < -0.3 is 5.11 Å². The van der Waals surface area contributed by atoms with Crippen LogP contribution in [0.25, 0.3) is 16.0 Å². The molecular formula is C24H14F2N2O3S. The Balaban J connectivity index is 1.72. The summed E-state index contributed by atoms with van der Waals surface area (Å²) in [4.78, 5) is 31.8. The van der Waals surface area contributed by atoms with Gasteiger partial charge in [0.2, 0.25) is 0 Å². The van der Waals surface area contributed by atoms with Crippen molar-refractivity contribution in [3.63, 3.8) is 0 Å². The number of aliphatic hydroxyl groups excluding tert-OH is 1. The number of anilines is 1. The van der Waals surface area contributed by atoms with Crippen LogP contribution in [0.1, 0.15) is 17.2 Å². The van der Waals surface area contributed by atoms with Gasteiger partial charge in [-0.25, -0.2) is 13.8 Å². The molecule has 8 heteroatoms. The lowest BCUT2D eigenvalue weighted by molar-refractivity contribution is -0.132. The number of hydrogen-bond donors (Lipinski definition) is 1. The van der Waals surface area contributed by atoms with Crippen LogP contribution in [0.5, 0.6) is 0 Å². The van der Waals surface area contributed by atoms with Gasteiger partial charge >= 0.3 is 5.91 Å². The van der Waals surface area contributed by atoms with Crippen molar-refractivity contribution in [1.82, 2.24) is 4.98 Å². The Bertz CT molecular complexity index is 1400. The maximum absolute atomic E-state index is 13.7. The highest BCUT2D eigenvalue weighted by atomic mass is 32.1. The summed E-state index contributed by atoms with van der Waals surface area (Å²) in [5.74, 6) is -3.09. The fourth-order valence-electron chi connectivity index (χ4n) is 3.73. The molecular weight excluding hydrogens is 434 g/mol. The lowest BCUT2D eigenvalue weighted by Gasteiger charge is -2.22. The van der Waals surface area contributed by atoms with E-state index in [1.165, 1.54) is 35.2 Å². The zero-order chi connectivity index (χ0) is 22.4. The Kier molecular flexibility index (Phi) is 4.79. The summed E-state index contributed by atoms with van der Waals surface area (Å²) >= 11 is 1.07. The number of rotatable bonds is 3. The number of aromatic nitrogens is 1. The van der Waals surface area contributed by atoms with Crippen LogP contribution in [0.15, 0.2) is 78.4 Å². The molecule has 1 aliphatic heterocycles. The van der Waals surface area contributed by atoms with Crippen LogP contribution >= 0.6 is 11.3 Å². The van der Waals surface area contributed by atoms with Crippen LogP contribution in [0.2, 0.25) is 0 Å². The molecule has 1 N–H and O–H groups in total. The molecule has 0 bridgehead atoms. The van der Waals surface area contributed by atoms with E-state index < -0.39 is 35.1 Å². The monoisotopic (exact) mass is 448 g/mol. The van der Waals surface area contributed by atoms with E-state index in [0.29, 0.717) is 15.8 Å². The molecule has 5 rings (SSSR count). The maximum atomic E-state index is 13.7. The summed E-state index contributed by atoms with van der Waals surface area (Å²) < 4.78 is 27.5. The average Bonchev–Trinajstić information content (AvgIpc) is 3.32. The summed E-state index contributed by atoms with van der Waals surface area (Å²) in [6.45, 7) is 0. The molecule has 1 fully saturated rings. The third-order valence-corrected chi connectivity index (χ3v) is 6.24. The molecule has 1 amide bonds. The first-order valence-corrected chi connectivity index (χ1v) is 10.4. The molecule has 1 unspecified atom stereocenters. The van der Waals surface area contributed by atoms with Crippen LogP contribution in [-0.2, 0) is 9.59 Å². The molecule has 1 aliphatic rings. The molecule has 4 aromatic rings. The molecule has 0 radical (unpaired) electrons. The SMILES string of the molecule is O=C1C(=O)N(c2nc3ccc(F)cc3s2)C(c2ccccc2)/C1=C(\O)c1ccc(F)cc1. The third-order valence-electron chi connectivity index (χ3n) is 5.22. The van der Waals surface area contributed by atoms with Crippen LogP contribution in [0.4, 0.5) is 13.9 Å². The number of fused-ring (bicyclic) bond motifs is 1. The highest BCUT2D eigenvalue weighted by molar-refractivity contribution is 7.22. The first kappa shape index (κ1) is 20.0. The fraction of sp³-hybridized carbons (Fsp3) is 0.0417. The van der Waals surface area contributed by atoms with Gasteiger partial charge in [-0.3, -0.25) is 14.5 Å². The number of thiazole rings is 1. The van der Waals surface area contributed by atoms with Crippen molar-refractivity contribution in [2.45, 2.75) is 6.04 Å². The van der Waals surface area contributed by atoms with E-state index in [1.807, 2.05) is 0 Å². The van der Waals surface area contributed by atoms with Gasteiger partial charge in [-0.2, -0.15) is 0 Å². The Labute approximate surface area is 184 Å². The van der Waals surface area contributed by atoms with Gasteiger partial charge in [0, 0.05) is 5.56 Å². The van der Waals surface area contributed by atoms with Crippen molar-refractivity contribution >= 4 is 44.1 Å². The second kappa shape index (κ2) is 7.65. The normalized spacial score (nSPS) is 17.9. The van der Waals surface area contributed by atoms with Crippen molar-refractivity contribution in [1.29, 1.82) is 0 Å². The van der Waals surface area contributed by atoms with E-state index in [4.69, 9.17) is 0 Å². The fourth-order valence-corrected chi connectivity index (χ4v) is 4.75. The number of carbonyl (C=O) groups excluding carboxylic acids is 2. The summed E-state index contributed by atoms with van der Waals surface area (Å²) in [5.41, 5.74) is 1.15. The Morgan fingerprint density at radius 2 is 1.62 bits per heavy atom. The molecule has 2 heterocycles. The predicted octanol–water partition coefficient (Wildman–Crippen LogP) is 5.20. The second-order valence-corrected chi connectivity index (χ2v) is 8.20. The predicted molar refractivity (Wildman–Crippen MR) is 117 cm³/mol. The van der Waals surface area contributed by atoms with E-state index in [9.17, 15) is 23.5 Å². The number of hydrogen-bond acceptors (Lipinski definition) is 5. The van der Waals surface area contributed by atoms with Crippen molar-refractivity contribution in [3.8, 4) is 0 Å². The zero-order valence-corrected chi connectivity index (χ0v) is 17.1. The molecule has 32 heavy (non-hydrogen) atoms. The first-order valence-electron chi connectivity index (χ1n) is 9.62. The zero-order valence-electron chi connectivity index (χ0n) is 16.3. The molecule has 0 saturated carbocycles. The smallest absolute Gasteiger partial charge is 0.301 e. The van der Waals surface area contributed by atoms with Gasteiger partial charge in [-0.1, -0.05) is 41.7 Å². The molecule has 1 atom stereocenters. The lowest BCUT2D eigenvalue weighted by Crippen LogP contribution is -2.29. The van der Waals surface area contributed by atoms with Crippen LogP contribution in [0, 0.1) is 11.6 Å². The van der Waals surface area contributed by atoms with Gasteiger partial charge in [0.1, 0.15) is 17.4 Å². The van der Waals surface area contributed by atoms with Gasteiger partial charge in [-0.15, -0.1) is 0 Å². The summed E-state index contributed by atoms with van der Waals surface area (Å²) in [6, 6.07) is 16.9. The number of halogens is 2. The Morgan fingerprint density at radius 1 is 0.938 bits per heavy atom. The molecule has 3 aromatic carbocycles. The topological polar surface area (TPSA) is 70.5 Å². The maximum Gasteiger partial charge on any atom is 0.301 e. The molecule has 1 aromatic heterocycles. The Hall–Kier alpha value is -3.91. The van der Waals surface area contributed by atoms with Crippen LogP contribution in [-0.4, -0.2) is 21.8 Å². The first-order chi connectivity index (χ1) is 15.4. The van der Waals surface area contributed by atoms with Gasteiger partial charge in [0.25, 0.3) is 5.78 Å². The number of ketones is 1. The third kappa shape index (κ3) is 3.25. The highest BCUT2D eigenvalue weighted by Crippen LogP contribution is 2.44. The molecule has 5 nitrogen and oxygen atoms in total. The van der Waals surface area contributed by atoms with Gasteiger partial charge in [-0.05, 0) is 48.0 Å². The number of Topliss-reactive ketones (excluding diaryl/α,β-unsaturated/α-hetero) is 1. The Morgan fingerprint density at radius 3 is 2.34 bits per heavy atom. The minimum absolute atomic E-state index is 0.127. The van der Waals surface area contributed by atoms with Crippen LogP contribution < -0.4 is 4.90 Å². The number of carbonyl (C=O) groups is 2. The number of aliphatic hydroxyl groups is 1. The minimum atomic E-state index is -0.952. The van der Waals surface area contributed by atoms with E-state index in [0.717, 1.165) is 23.5 Å². The standard InChI is InChI=1S/C24H14F2N2O3S/c25-15-8-6-14(7-9-15)21(29)19-20(13-4-2-1-3-5-13)28(23(31)22(19)30)24-27-17-11-10-16(26)12-18(17)32-24/h1-12,20,29H/b21-19+. The van der Waals surface area contributed by atoms with Gasteiger partial charge in [0.05, 0.1) is 21.8 Å². The molecule has 0 spiro atoms. The highest BCUT2D eigenvalue weighted by Gasteiger charge is 2.48. The quantitative estimate of drug-likeness (QED) is 0.266. The average molecular weight is 448 g/mol. The van der Waals surface area contributed by atoms with E-state index in [-0.39, 0.29) is 16.3 Å². The molecule has 1 saturated heterocycles. The number of nitrogens with zero attached hydrogens (tertiary/aromatic N) is 2. The molecule has 0 aliphatic carbocycles. The number of amides is 1. The van der Waals surface area contributed by atoms with Crippen molar-refractivity contribution in [2.75, 3.05) is 4.90 Å².